The molecule has 0 bridgehead atoms. The highest BCUT2D eigenvalue weighted by Crippen LogP contribution is 2.64. The number of hydrogen-bond donors (Lipinski definition) is 0. The van der Waals surface area contributed by atoms with Crippen LogP contribution in [0.4, 0.5) is 5.13 Å². The van der Waals surface area contributed by atoms with E-state index in [0.717, 1.165) is 22.9 Å². The molecule has 2 atom stereocenters. The van der Waals surface area contributed by atoms with Gasteiger partial charge in [-0.3, -0.25) is 0 Å². The maximum Gasteiger partial charge on any atom is 0.188 e. The molecule has 0 saturated carbocycles. The number of azide groups is 1. The van der Waals surface area contributed by atoms with Crippen molar-refractivity contribution in [3.05, 3.63) is 93.3 Å². The predicted octanol–water partition coefficient (Wildman–Crippen LogP) is 4.91. The van der Waals surface area contributed by atoms with Gasteiger partial charge in [0.1, 0.15) is 10.5 Å². The van der Waals surface area contributed by atoms with Gasteiger partial charge >= 0.3 is 0 Å². The average molecular weight is 450 g/mol. The van der Waals surface area contributed by atoms with Gasteiger partial charge in [-0.2, -0.15) is 0 Å². The third-order valence-corrected chi connectivity index (χ3v) is 7.93. The summed E-state index contributed by atoms with van der Waals surface area (Å²) in [7, 11) is 0.565. The highest BCUT2D eigenvalue weighted by atomic mass is 32.1. The second-order valence-electron chi connectivity index (χ2n) is 8.83. The molecule has 3 aromatic rings. The molecule has 1 aliphatic heterocycles. The minimum Gasteiger partial charge on any atom is -0.402 e. The smallest absolute Gasteiger partial charge is 0.188 e. The standard InChI is InChI=1S/C23H27N5OSSi/c1-21(2,3)22(17-10-6-4-7-11-17)16-28(20-26-19(15-30-20)14-25-27-24)23(22,29-31)18-12-8-5-9-13-18/h4-13,15H,14,16H2,1-3,31H3. The molecular formula is C23H27N5OSSi. The van der Waals surface area contributed by atoms with Crippen molar-refractivity contribution in [2.24, 2.45) is 10.5 Å². The predicted molar refractivity (Wildman–Crippen MR) is 129 cm³/mol. The van der Waals surface area contributed by atoms with Crippen LogP contribution in [-0.2, 0) is 22.1 Å². The van der Waals surface area contributed by atoms with Crippen LogP contribution in [0.3, 0.4) is 0 Å². The summed E-state index contributed by atoms with van der Waals surface area (Å²) in [4.78, 5) is 9.95. The molecule has 6 nitrogen and oxygen atoms in total. The number of thiazole rings is 1. The molecule has 2 heterocycles. The Morgan fingerprint density at radius 1 is 1.13 bits per heavy atom. The Morgan fingerprint density at radius 3 is 2.29 bits per heavy atom. The Morgan fingerprint density at radius 2 is 1.74 bits per heavy atom. The van der Waals surface area contributed by atoms with Crippen molar-refractivity contribution in [2.75, 3.05) is 11.4 Å². The van der Waals surface area contributed by atoms with Crippen molar-refractivity contribution in [1.29, 1.82) is 0 Å². The van der Waals surface area contributed by atoms with Crippen LogP contribution >= 0.6 is 11.3 Å². The third kappa shape index (κ3) is 3.18. The molecule has 1 saturated heterocycles. The van der Waals surface area contributed by atoms with Gasteiger partial charge in [0.25, 0.3) is 0 Å². The van der Waals surface area contributed by atoms with E-state index >= 15 is 0 Å². The molecule has 31 heavy (non-hydrogen) atoms. The maximum absolute atomic E-state index is 8.66. The Hall–Kier alpha value is -2.64. The summed E-state index contributed by atoms with van der Waals surface area (Å²) in [6, 6.07) is 21.2. The molecule has 4 rings (SSSR count). The van der Waals surface area contributed by atoms with Crippen molar-refractivity contribution < 1.29 is 4.43 Å². The summed E-state index contributed by atoms with van der Waals surface area (Å²) in [5.41, 5.74) is 10.8. The first-order chi connectivity index (χ1) is 14.9. The molecule has 1 aromatic heterocycles. The fourth-order valence-electron chi connectivity index (χ4n) is 5.05. The van der Waals surface area contributed by atoms with Crippen LogP contribution < -0.4 is 4.90 Å². The van der Waals surface area contributed by atoms with E-state index in [2.05, 4.69) is 90.3 Å². The molecule has 0 spiro atoms. The van der Waals surface area contributed by atoms with E-state index in [9.17, 15) is 0 Å². The van der Waals surface area contributed by atoms with E-state index in [1.165, 1.54) is 5.56 Å². The number of hydrogen-bond acceptors (Lipinski definition) is 5. The molecular weight excluding hydrogens is 422 g/mol. The van der Waals surface area contributed by atoms with Gasteiger partial charge < -0.3 is 9.33 Å². The first kappa shape index (κ1) is 21.6. The topological polar surface area (TPSA) is 74.1 Å². The second kappa shape index (κ2) is 8.13. The first-order valence-electron chi connectivity index (χ1n) is 10.3. The summed E-state index contributed by atoms with van der Waals surface area (Å²) in [6.45, 7) is 7.93. The van der Waals surface area contributed by atoms with Crippen LogP contribution in [0.25, 0.3) is 10.4 Å². The molecule has 8 heteroatoms. The quantitative estimate of drug-likeness (QED) is 0.232. The van der Waals surface area contributed by atoms with E-state index < -0.39 is 5.72 Å². The molecule has 2 aromatic carbocycles. The maximum atomic E-state index is 8.66. The zero-order valence-electron chi connectivity index (χ0n) is 18.3. The van der Waals surface area contributed by atoms with Gasteiger partial charge in [0.2, 0.25) is 0 Å². The summed E-state index contributed by atoms with van der Waals surface area (Å²) in [5, 5.41) is 6.52. The van der Waals surface area contributed by atoms with Gasteiger partial charge in [-0.15, -0.1) is 11.3 Å². The lowest BCUT2D eigenvalue weighted by molar-refractivity contribution is -0.130. The van der Waals surface area contributed by atoms with E-state index in [1.807, 2.05) is 11.4 Å². The van der Waals surface area contributed by atoms with Crippen LogP contribution in [0, 0.1) is 5.41 Å². The van der Waals surface area contributed by atoms with Gasteiger partial charge in [-0.25, -0.2) is 4.98 Å². The fraction of sp³-hybridized carbons (Fsp3) is 0.348. The molecule has 2 unspecified atom stereocenters. The molecule has 0 aliphatic carbocycles. The molecule has 0 N–H and O–H groups in total. The summed E-state index contributed by atoms with van der Waals surface area (Å²) >= 11 is 1.57. The Balaban J connectivity index is 1.93. The van der Waals surface area contributed by atoms with Gasteiger partial charge in [-0.05, 0) is 16.5 Å². The molecule has 1 fully saturated rings. The number of rotatable bonds is 6. The Labute approximate surface area is 190 Å². The minimum absolute atomic E-state index is 0.0870. The highest BCUT2D eigenvalue weighted by molar-refractivity contribution is 7.13. The second-order valence-corrected chi connectivity index (χ2v) is 10.1. The van der Waals surface area contributed by atoms with Crippen molar-refractivity contribution in [1.82, 2.24) is 4.98 Å². The summed E-state index contributed by atoms with van der Waals surface area (Å²) in [6.07, 6.45) is 0. The SMILES string of the molecule is CC(C)(C)C1(c2ccccc2)CN(c2nc(CN=[N+]=[N-])cs2)C1(O[SiH3])c1ccccc1. The lowest BCUT2D eigenvalue weighted by Crippen LogP contribution is -2.79. The van der Waals surface area contributed by atoms with Crippen LogP contribution in [0.5, 0.6) is 0 Å². The highest BCUT2D eigenvalue weighted by Gasteiger charge is 2.71. The van der Waals surface area contributed by atoms with Crippen LogP contribution in [0.2, 0.25) is 0 Å². The van der Waals surface area contributed by atoms with Crippen LogP contribution in [0.15, 0.2) is 71.2 Å². The van der Waals surface area contributed by atoms with Crippen molar-refractivity contribution in [3.8, 4) is 0 Å². The third-order valence-electron chi connectivity index (χ3n) is 6.43. The van der Waals surface area contributed by atoms with Crippen LogP contribution in [0.1, 0.15) is 37.6 Å². The molecule has 0 radical (unpaired) electrons. The zero-order valence-corrected chi connectivity index (χ0v) is 21.1. The first-order valence-corrected chi connectivity index (χ1v) is 12.0. The monoisotopic (exact) mass is 449 g/mol. The van der Waals surface area contributed by atoms with E-state index in [1.54, 1.807) is 11.3 Å². The Kier molecular flexibility index (Phi) is 5.66. The lowest BCUT2D eigenvalue weighted by atomic mass is 9.50. The number of anilines is 1. The summed E-state index contributed by atoms with van der Waals surface area (Å²) < 4.78 is 6.66. The fourth-order valence-corrected chi connectivity index (χ4v) is 6.71. The van der Waals surface area contributed by atoms with Gasteiger partial charge in [0.15, 0.2) is 10.9 Å². The average Bonchev–Trinajstić information content (AvgIpc) is 3.21. The van der Waals surface area contributed by atoms with E-state index in [0.29, 0.717) is 10.5 Å². The number of benzene rings is 2. The largest absolute Gasteiger partial charge is 0.402 e. The van der Waals surface area contributed by atoms with Gasteiger partial charge in [0.05, 0.1) is 17.7 Å². The number of nitrogens with zero attached hydrogens (tertiary/aromatic N) is 5. The number of aromatic nitrogens is 1. The van der Waals surface area contributed by atoms with Crippen molar-refractivity contribution >= 4 is 27.0 Å². The lowest BCUT2D eigenvalue weighted by Gasteiger charge is -2.70. The molecule has 0 amide bonds. The van der Waals surface area contributed by atoms with Crippen molar-refractivity contribution in [2.45, 2.75) is 38.5 Å². The van der Waals surface area contributed by atoms with E-state index in [4.69, 9.17) is 14.9 Å². The Bertz CT molecular complexity index is 1090. The van der Waals surface area contributed by atoms with Gasteiger partial charge in [0, 0.05) is 22.4 Å². The van der Waals surface area contributed by atoms with E-state index in [-0.39, 0.29) is 17.4 Å². The molecule has 1 aliphatic rings. The minimum atomic E-state index is -0.673. The van der Waals surface area contributed by atoms with Gasteiger partial charge in [-0.1, -0.05) is 86.5 Å². The summed E-state index contributed by atoms with van der Waals surface area (Å²) in [5.74, 6) is 0. The van der Waals surface area contributed by atoms with Crippen LogP contribution in [-0.4, -0.2) is 22.0 Å². The zero-order chi connectivity index (χ0) is 22.1. The van der Waals surface area contributed by atoms with Crippen molar-refractivity contribution in [3.63, 3.8) is 0 Å². The normalized spacial score (nSPS) is 23.3. The molecule has 160 valence electrons.